The molecule has 1 fully saturated rings. The van der Waals surface area contributed by atoms with Crippen LogP contribution in [0.15, 0.2) is 42.5 Å². The first kappa shape index (κ1) is 23.5. The summed E-state index contributed by atoms with van der Waals surface area (Å²) in [5.74, 6) is 0.931. The van der Waals surface area contributed by atoms with Crippen molar-refractivity contribution >= 4 is 34.6 Å². The monoisotopic (exact) mass is 481 g/mol. The predicted molar refractivity (Wildman–Crippen MR) is 131 cm³/mol. The summed E-state index contributed by atoms with van der Waals surface area (Å²) in [7, 11) is 3.13. The number of hydrogen-bond donors (Lipinski definition) is 2. The first-order chi connectivity index (χ1) is 16.5. The number of aryl methyl sites for hydroxylation is 1. The van der Waals surface area contributed by atoms with Gasteiger partial charge in [0.25, 0.3) is 5.91 Å². The maximum absolute atomic E-state index is 12.9. The SMILES string of the molecule is COc1cc(NC(=O)N2CCCC(c3nnc(C(=O)Nc4ccccc4C)s3)C2)cc(OC)c1. The smallest absolute Gasteiger partial charge is 0.321 e. The molecule has 1 unspecified atom stereocenters. The molecule has 0 radical (unpaired) electrons. The number of likely N-dealkylation sites (tertiary alicyclic amines) is 1. The number of carbonyl (C=O) groups excluding carboxylic acids is 2. The third-order valence-electron chi connectivity index (χ3n) is 5.69. The highest BCUT2D eigenvalue weighted by Gasteiger charge is 2.28. The Morgan fingerprint density at radius 1 is 1.06 bits per heavy atom. The maximum atomic E-state index is 12.9. The highest BCUT2D eigenvalue weighted by Crippen LogP contribution is 2.31. The van der Waals surface area contributed by atoms with E-state index in [1.54, 1.807) is 37.3 Å². The molecular formula is C24H27N5O4S. The molecule has 178 valence electrons. The Labute approximate surface area is 202 Å². The third kappa shape index (κ3) is 5.45. The molecule has 3 aromatic rings. The lowest BCUT2D eigenvalue weighted by molar-refractivity contribution is 0.102. The highest BCUT2D eigenvalue weighted by molar-refractivity contribution is 7.13. The Hall–Kier alpha value is -3.66. The summed E-state index contributed by atoms with van der Waals surface area (Å²) in [6.07, 6.45) is 1.72. The molecule has 1 aliphatic heterocycles. The second-order valence-electron chi connectivity index (χ2n) is 8.03. The Morgan fingerprint density at radius 2 is 1.79 bits per heavy atom. The van der Waals surface area contributed by atoms with Crippen molar-refractivity contribution < 1.29 is 19.1 Å². The van der Waals surface area contributed by atoms with Gasteiger partial charge < -0.3 is 25.0 Å². The van der Waals surface area contributed by atoms with Crippen molar-refractivity contribution in [1.82, 2.24) is 15.1 Å². The van der Waals surface area contributed by atoms with Gasteiger partial charge in [-0.25, -0.2) is 4.79 Å². The van der Waals surface area contributed by atoms with Crippen LogP contribution in [0.25, 0.3) is 0 Å². The summed E-state index contributed by atoms with van der Waals surface area (Å²) in [6, 6.07) is 12.6. The van der Waals surface area contributed by atoms with Gasteiger partial charge in [-0.15, -0.1) is 10.2 Å². The Morgan fingerprint density at radius 3 is 2.50 bits per heavy atom. The number of piperidine rings is 1. The molecule has 0 bridgehead atoms. The van der Waals surface area contributed by atoms with Gasteiger partial charge in [0, 0.05) is 48.6 Å². The van der Waals surface area contributed by atoms with Crippen molar-refractivity contribution in [3.8, 4) is 11.5 Å². The van der Waals surface area contributed by atoms with Crippen LogP contribution < -0.4 is 20.1 Å². The van der Waals surface area contributed by atoms with Crippen molar-refractivity contribution in [2.45, 2.75) is 25.7 Å². The Kier molecular flexibility index (Phi) is 7.27. The van der Waals surface area contributed by atoms with Crippen LogP contribution in [0.1, 0.15) is 39.1 Å². The molecule has 4 rings (SSSR count). The number of nitrogens with one attached hydrogen (secondary N) is 2. The van der Waals surface area contributed by atoms with Gasteiger partial charge in [0.1, 0.15) is 16.5 Å². The molecule has 1 saturated heterocycles. The summed E-state index contributed by atoms with van der Waals surface area (Å²) < 4.78 is 10.5. The van der Waals surface area contributed by atoms with E-state index < -0.39 is 0 Å². The Bertz CT molecular complexity index is 1160. The molecule has 34 heavy (non-hydrogen) atoms. The molecule has 2 aromatic carbocycles. The van der Waals surface area contributed by atoms with Crippen LogP contribution in [0.4, 0.5) is 16.2 Å². The molecule has 0 aliphatic carbocycles. The molecule has 2 heterocycles. The number of nitrogens with zero attached hydrogens (tertiary/aromatic N) is 3. The van der Waals surface area contributed by atoms with E-state index in [4.69, 9.17) is 9.47 Å². The lowest BCUT2D eigenvalue weighted by Crippen LogP contribution is -2.41. The van der Waals surface area contributed by atoms with Crippen molar-refractivity contribution in [3.63, 3.8) is 0 Å². The first-order valence-corrected chi connectivity index (χ1v) is 11.8. The standard InChI is InChI=1S/C24H27N5O4S/c1-15-7-4-5-9-20(15)26-21(30)23-28-27-22(34-23)16-8-6-10-29(14-16)24(31)25-17-11-18(32-2)13-19(12-17)33-3/h4-5,7,9,11-13,16H,6,8,10,14H2,1-3H3,(H,25,31)(H,26,30). The van der Waals surface area contributed by atoms with Gasteiger partial charge in [0.15, 0.2) is 0 Å². The zero-order valence-corrected chi connectivity index (χ0v) is 20.1. The summed E-state index contributed by atoms with van der Waals surface area (Å²) in [6.45, 7) is 3.08. The molecule has 10 heteroatoms. The fraction of sp³-hybridized carbons (Fsp3) is 0.333. The van der Waals surface area contributed by atoms with E-state index in [-0.39, 0.29) is 17.9 Å². The summed E-state index contributed by atoms with van der Waals surface area (Å²) >= 11 is 1.27. The van der Waals surface area contributed by atoms with Crippen LogP contribution in [-0.4, -0.2) is 54.3 Å². The lowest BCUT2D eigenvalue weighted by Gasteiger charge is -2.31. The van der Waals surface area contributed by atoms with Crippen molar-refractivity contribution in [2.24, 2.45) is 0 Å². The molecule has 3 amide bonds. The zero-order valence-electron chi connectivity index (χ0n) is 19.3. The average molecular weight is 482 g/mol. The number of para-hydroxylation sites is 1. The van der Waals surface area contributed by atoms with Crippen LogP contribution >= 0.6 is 11.3 Å². The van der Waals surface area contributed by atoms with E-state index in [0.29, 0.717) is 35.3 Å². The normalized spacial score (nSPS) is 15.5. The van der Waals surface area contributed by atoms with E-state index >= 15 is 0 Å². The number of hydrogen-bond acceptors (Lipinski definition) is 7. The summed E-state index contributed by atoms with van der Waals surface area (Å²) in [5.41, 5.74) is 2.32. The molecule has 1 aromatic heterocycles. The van der Waals surface area contributed by atoms with Gasteiger partial charge in [0.05, 0.1) is 14.2 Å². The van der Waals surface area contributed by atoms with Gasteiger partial charge in [-0.05, 0) is 31.4 Å². The number of methoxy groups -OCH3 is 2. The minimum Gasteiger partial charge on any atom is -0.497 e. The Balaban J connectivity index is 1.40. The van der Waals surface area contributed by atoms with E-state index in [2.05, 4.69) is 20.8 Å². The second kappa shape index (κ2) is 10.5. The van der Waals surface area contributed by atoms with E-state index in [9.17, 15) is 9.59 Å². The third-order valence-corrected chi connectivity index (χ3v) is 6.77. The number of benzene rings is 2. The molecule has 0 spiro atoms. The number of amides is 3. The van der Waals surface area contributed by atoms with Gasteiger partial charge in [-0.3, -0.25) is 4.79 Å². The van der Waals surface area contributed by atoms with Gasteiger partial charge >= 0.3 is 6.03 Å². The molecule has 2 N–H and O–H groups in total. The van der Waals surface area contributed by atoms with Crippen molar-refractivity contribution in [3.05, 3.63) is 58.0 Å². The molecule has 1 atom stereocenters. The van der Waals surface area contributed by atoms with E-state index in [1.165, 1.54) is 11.3 Å². The number of rotatable bonds is 6. The van der Waals surface area contributed by atoms with Gasteiger partial charge in [-0.1, -0.05) is 29.5 Å². The van der Waals surface area contributed by atoms with E-state index in [0.717, 1.165) is 29.1 Å². The van der Waals surface area contributed by atoms with Crippen LogP contribution in [0.3, 0.4) is 0 Å². The molecule has 0 saturated carbocycles. The summed E-state index contributed by atoms with van der Waals surface area (Å²) in [5, 5.41) is 15.2. The van der Waals surface area contributed by atoms with Crippen molar-refractivity contribution in [1.29, 1.82) is 0 Å². The first-order valence-electron chi connectivity index (χ1n) is 11.0. The minimum absolute atomic E-state index is 0.0249. The molecule has 1 aliphatic rings. The number of carbonyl (C=O) groups is 2. The van der Waals surface area contributed by atoms with Crippen LogP contribution in [0, 0.1) is 6.92 Å². The minimum atomic E-state index is -0.282. The average Bonchev–Trinajstić information content (AvgIpc) is 3.36. The second-order valence-corrected chi connectivity index (χ2v) is 9.04. The van der Waals surface area contributed by atoms with Crippen LogP contribution in [0.5, 0.6) is 11.5 Å². The largest absolute Gasteiger partial charge is 0.497 e. The van der Waals surface area contributed by atoms with Crippen LogP contribution in [0.2, 0.25) is 0 Å². The zero-order chi connectivity index (χ0) is 24.1. The van der Waals surface area contributed by atoms with E-state index in [1.807, 2.05) is 31.2 Å². The number of urea groups is 1. The fourth-order valence-corrected chi connectivity index (χ4v) is 4.69. The molecule has 9 nitrogen and oxygen atoms in total. The fourth-order valence-electron chi connectivity index (χ4n) is 3.83. The summed E-state index contributed by atoms with van der Waals surface area (Å²) in [4.78, 5) is 27.3. The van der Waals surface area contributed by atoms with Crippen molar-refractivity contribution in [2.75, 3.05) is 37.9 Å². The lowest BCUT2D eigenvalue weighted by atomic mass is 9.99. The quantitative estimate of drug-likeness (QED) is 0.536. The number of aromatic nitrogens is 2. The number of ether oxygens (including phenoxy) is 2. The van der Waals surface area contributed by atoms with Gasteiger partial charge in [0.2, 0.25) is 5.01 Å². The topological polar surface area (TPSA) is 106 Å². The maximum Gasteiger partial charge on any atom is 0.321 e. The van der Waals surface area contributed by atoms with Gasteiger partial charge in [-0.2, -0.15) is 0 Å². The van der Waals surface area contributed by atoms with Crippen LogP contribution in [-0.2, 0) is 0 Å². The number of anilines is 2. The highest BCUT2D eigenvalue weighted by atomic mass is 32.1. The molecular weight excluding hydrogens is 454 g/mol. The predicted octanol–water partition coefficient (Wildman–Crippen LogP) is 4.53.